The van der Waals surface area contributed by atoms with Crippen molar-refractivity contribution in [1.82, 2.24) is 5.32 Å². The number of likely N-dealkylation sites (N-methyl/N-ethyl adjacent to an activating group) is 1. The molecule has 21 heavy (non-hydrogen) atoms. The highest BCUT2D eigenvalue weighted by Crippen LogP contribution is 2.18. The van der Waals surface area contributed by atoms with E-state index in [-0.39, 0.29) is 11.8 Å². The van der Waals surface area contributed by atoms with Crippen molar-refractivity contribution in [2.75, 3.05) is 31.6 Å². The minimum Gasteiger partial charge on any atom is -0.465 e. The number of nitrogens with zero attached hydrogens (tertiary/aromatic N) is 1. The van der Waals surface area contributed by atoms with Gasteiger partial charge in [0.1, 0.15) is 11.4 Å². The maximum absolute atomic E-state index is 13.3. The number of hydrogen-bond donors (Lipinski definition) is 1. The van der Waals surface area contributed by atoms with Crippen molar-refractivity contribution in [1.29, 1.82) is 0 Å². The minimum atomic E-state index is -0.826. The van der Waals surface area contributed by atoms with Crippen LogP contribution in [0.1, 0.15) is 27.2 Å². The number of carbonyl (C=O) groups is 1. The molecule has 0 spiro atoms. The Hall–Kier alpha value is -1.62. The lowest BCUT2D eigenvalue weighted by molar-refractivity contribution is -0.150. The van der Waals surface area contributed by atoms with Gasteiger partial charge in [-0.3, -0.25) is 0 Å². The molecule has 4 nitrogen and oxygen atoms in total. The summed E-state index contributed by atoms with van der Waals surface area (Å²) in [7, 11) is 1.83. The first kappa shape index (κ1) is 17.4. The van der Waals surface area contributed by atoms with Crippen LogP contribution >= 0.6 is 0 Å². The lowest BCUT2D eigenvalue weighted by Gasteiger charge is -2.33. The molecule has 118 valence electrons. The van der Waals surface area contributed by atoms with Crippen LogP contribution < -0.4 is 10.2 Å². The molecule has 1 rings (SSSR count). The lowest BCUT2D eigenvalue weighted by Crippen LogP contribution is -2.57. The molecule has 0 saturated carbocycles. The molecule has 0 bridgehead atoms. The van der Waals surface area contributed by atoms with E-state index in [0.29, 0.717) is 19.7 Å². The summed E-state index contributed by atoms with van der Waals surface area (Å²) >= 11 is 0. The van der Waals surface area contributed by atoms with Gasteiger partial charge in [-0.1, -0.05) is 13.0 Å². The maximum Gasteiger partial charge on any atom is 0.327 e. The van der Waals surface area contributed by atoms with E-state index in [1.54, 1.807) is 13.0 Å². The molecule has 1 atom stereocenters. The summed E-state index contributed by atoms with van der Waals surface area (Å²) in [6.07, 6.45) is 0.915. The summed E-state index contributed by atoms with van der Waals surface area (Å²) in [5, 5.41) is 3.24. The molecule has 0 heterocycles. The smallest absolute Gasteiger partial charge is 0.327 e. The molecule has 0 amide bonds. The first-order chi connectivity index (χ1) is 9.92. The van der Waals surface area contributed by atoms with E-state index in [1.165, 1.54) is 12.1 Å². The SMILES string of the molecule is CCCNC(C)(CN(C)c1cccc(F)c1)C(=O)OCC. The Morgan fingerprint density at radius 1 is 1.43 bits per heavy atom. The third-order valence-electron chi connectivity index (χ3n) is 3.29. The van der Waals surface area contributed by atoms with E-state index in [1.807, 2.05) is 31.9 Å². The number of anilines is 1. The number of carbonyl (C=O) groups excluding carboxylic acids is 1. The van der Waals surface area contributed by atoms with Crippen molar-refractivity contribution in [2.45, 2.75) is 32.7 Å². The van der Waals surface area contributed by atoms with Gasteiger partial charge < -0.3 is 15.0 Å². The monoisotopic (exact) mass is 296 g/mol. The number of ether oxygens (including phenoxy) is 1. The van der Waals surface area contributed by atoms with Crippen molar-refractivity contribution in [3.8, 4) is 0 Å². The number of benzene rings is 1. The van der Waals surface area contributed by atoms with Crippen LogP contribution in [0, 0.1) is 5.82 Å². The number of rotatable bonds is 8. The van der Waals surface area contributed by atoms with Crippen LogP contribution in [0.15, 0.2) is 24.3 Å². The molecule has 1 N–H and O–H groups in total. The van der Waals surface area contributed by atoms with E-state index in [2.05, 4.69) is 5.32 Å². The van der Waals surface area contributed by atoms with Crippen LogP contribution in [-0.2, 0) is 9.53 Å². The predicted octanol–water partition coefficient (Wildman–Crippen LogP) is 2.58. The standard InChI is InChI=1S/C16H25FN2O2/c1-5-10-18-16(3,15(20)21-6-2)12-19(4)14-9-7-8-13(17)11-14/h7-9,11,18H,5-6,10,12H2,1-4H3. The predicted molar refractivity (Wildman–Crippen MR) is 83.0 cm³/mol. The van der Waals surface area contributed by atoms with Gasteiger partial charge in [-0.15, -0.1) is 0 Å². The van der Waals surface area contributed by atoms with Crippen LogP contribution in [-0.4, -0.2) is 38.3 Å². The summed E-state index contributed by atoms with van der Waals surface area (Å²) in [5.74, 6) is -0.583. The van der Waals surface area contributed by atoms with E-state index < -0.39 is 5.54 Å². The van der Waals surface area contributed by atoms with E-state index in [9.17, 15) is 9.18 Å². The van der Waals surface area contributed by atoms with Gasteiger partial charge in [0.05, 0.1) is 6.61 Å². The van der Waals surface area contributed by atoms with Gasteiger partial charge in [-0.2, -0.15) is 0 Å². The average molecular weight is 296 g/mol. The summed E-state index contributed by atoms with van der Waals surface area (Å²) in [6, 6.07) is 6.32. The van der Waals surface area contributed by atoms with Gasteiger partial charge in [-0.05, 0) is 45.0 Å². The van der Waals surface area contributed by atoms with Crippen molar-refractivity contribution in [3.05, 3.63) is 30.1 Å². The van der Waals surface area contributed by atoms with Gasteiger partial charge in [-0.25, -0.2) is 9.18 Å². The molecule has 1 aromatic rings. The highest BCUT2D eigenvalue weighted by atomic mass is 19.1. The molecular weight excluding hydrogens is 271 g/mol. The fraction of sp³-hybridized carbons (Fsp3) is 0.562. The second kappa shape index (κ2) is 7.98. The Kier molecular flexibility index (Phi) is 6.62. The largest absolute Gasteiger partial charge is 0.465 e. The maximum atomic E-state index is 13.3. The molecular formula is C16H25FN2O2. The quantitative estimate of drug-likeness (QED) is 0.749. The first-order valence-electron chi connectivity index (χ1n) is 7.32. The fourth-order valence-electron chi connectivity index (χ4n) is 2.16. The Morgan fingerprint density at radius 3 is 2.71 bits per heavy atom. The number of halogens is 1. The topological polar surface area (TPSA) is 41.6 Å². The number of esters is 1. The van der Waals surface area contributed by atoms with Crippen molar-refractivity contribution < 1.29 is 13.9 Å². The lowest BCUT2D eigenvalue weighted by atomic mass is 10.0. The van der Waals surface area contributed by atoms with Crippen LogP contribution in [0.2, 0.25) is 0 Å². The number of nitrogens with one attached hydrogen (secondary N) is 1. The van der Waals surface area contributed by atoms with Crippen LogP contribution in [0.3, 0.4) is 0 Å². The summed E-state index contributed by atoms with van der Waals surface area (Å²) in [5.41, 5.74) is -0.101. The Bertz CT molecular complexity index is 467. The second-order valence-electron chi connectivity index (χ2n) is 5.32. The van der Waals surface area contributed by atoms with Gasteiger partial charge >= 0.3 is 5.97 Å². The van der Waals surface area contributed by atoms with Crippen LogP contribution in [0.5, 0.6) is 0 Å². The zero-order valence-corrected chi connectivity index (χ0v) is 13.3. The van der Waals surface area contributed by atoms with Crippen LogP contribution in [0.25, 0.3) is 0 Å². The second-order valence-corrected chi connectivity index (χ2v) is 5.32. The van der Waals surface area contributed by atoms with Crippen molar-refractivity contribution in [3.63, 3.8) is 0 Å². The van der Waals surface area contributed by atoms with E-state index in [4.69, 9.17) is 4.74 Å². The van der Waals surface area contributed by atoms with Crippen LogP contribution in [0.4, 0.5) is 10.1 Å². The molecule has 1 aromatic carbocycles. The molecule has 0 fully saturated rings. The highest BCUT2D eigenvalue weighted by Gasteiger charge is 2.35. The molecule has 0 aliphatic heterocycles. The molecule has 1 unspecified atom stereocenters. The Labute approximate surface area is 126 Å². The molecule has 0 aliphatic rings. The van der Waals surface area contributed by atoms with Crippen molar-refractivity contribution >= 4 is 11.7 Å². The van der Waals surface area contributed by atoms with Crippen molar-refractivity contribution in [2.24, 2.45) is 0 Å². The third-order valence-corrected chi connectivity index (χ3v) is 3.29. The van der Waals surface area contributed by atoms with E-state index >= 15 is 0 Å². The first-order valence-corrected chi connectivity index (χ1v) is 7.32. The van der Waals surface area contributed by atoms with Gasteiger partial charge in [0.2, 0.25) is 0 Å². The number of hydrogen-bond acceptors (Lipinski definition) is 4. The summed E-state index contributed by atoms with van der Waals surface area (Å²) in [6.45, 7) is 7.09. The fourth-order valence-corrected chi connectivity index (χ4v) is 2.16. The summed E-state index contributed by atoms with van der Waals surface area (Å²) < 4.78 is 18.5. The average Bonchev–Trinajstić information content (AvgIpc) is 2.45. The third kappa shape index (κ3) is 5.01. The highest BCUT2D eigenvalue weighted by molar-refractivity contribution is 5.81. The van der Waals surface area contributed by atoms with Gasteiger partial charge in [0.25, 0.3) is 0 Å². The summed E-state index contributed by atoms with van der Waals surface area (Å²) in [4.78, 5) is 14.1. The van der Waals surface area contributed by atoms with Gasteiger partial charge in [0.15, 0.2) is 0 Å². The Balaban J connectivity index is 2.86. The van der Waals surface area contributed by atoms with Gasteiger partial charge in [0, 0.05) is 19.3 Å². The molecule has 0 radical (unpaired) electrons. The zero-order valence-electron chi connectivity index (χ0n) is 13.3. The normalized spacial score (nSPS) is 13.6. The minimum absolute atomic E-state index is 0.290. The Morgan fingerprint density at radius 2 is 2.14 bits per heavy atom. The molecule has 5 heteroatoms. The molecule has 0 saturated heterocycles. The van der Waals surface area contributed by atoms with E-state index in [0.717, 1.165) is 12.1 Å². The molecule has 0 aliphatic carbocycles. The molecule has 0 aromatic heterocycles. The zero-order chi connectivity index (χ0) is 15.9.